The third kappa shape index (κ3) is 3.29. The van der Waals surface area contributed by atoms with E-state index in [-0.39, 0.29) is 11.3 Å². The highest BCUT2D eigenvalue weighted by Gasteiger charge is 2.22. The zero-order chi connectivity index (χ0) is 14.5. The van der Waals surface area contributed by atoms with Gasteiger partial charge in [-0.1, -0.05) is 6.92 Å². The number of methoxy groups -OCH3 is 1. The fourth-order valence-corrected chi connectivity index (χ4v) is 2.44. The van der Waals surface area contributed by atoms with Crippen molar-refractivity contribution in [3.63, 3.8) is 0 Å². The zero-order valence-electron chi connectivity index (χ0n) is 12.1. The predicted octanol–water partition coefficient (Wildman–Crippen LogP) is -0.505. The molecule has 1 unspecified atom stereocenters. The second-order valence-electron chi connectivity index (χ2n) is 5.22. The Kier molecular flexibility index (Phi) is 4.97. The molecule has 0 spiro atoms. The Hall–Kier alpha value is -1.60. The largest absolute Gasteiger partial charge is 0.489 e. The van der Waals surface area contributed by atoms with Gasteiger partial charge < -0.3 is 20.4 Å². The number of ether oxygens (including phenoxy) is 1. The van der Waals surface area contributed by atoms with Crippen LogP contribution in [0.3, 0.4) is 0 Å². The smallest absolute Gasteiger partial charge is 0.295 e. The van der Waals surface area contributed by atoms with Crippen LogP contribution in [0.1, 0.15) is 6.92 Å². The molecular formula is C13H23N5O2. The average Bonchev–Trinajstić information content (AvgIpc) is 2.47. The van der Waals surface area contributed by atoms with Crippen molar-refractivity contribution < 1.29 is 4.74 Å². The fraction of sp³-hybridized carbons (Fsp3) is 0.692. The van der Waals surface area contributed by atoms with Crippen LogP contribution in [0.25, 0.3) is 0 Å². The number of nitrogens with one attached hydrogen (secondary N) is 1. The van der Waals surface area contributed by atoms with Crippen molar-refractivity contribution in [3.8, 4) is 5.75 Å². The van der Waals surface area contributed by atoms with E-state index in [2.05, 4.69) is 26.7 Å². The van der Waals surface area contributed by atoms with E-state index in [1.165, 1.54) is 13.4 Å². The normalized spacial score (nSPS) is 18.1. The lowest BCUT2D eigenvalue weighted by Gasteiger charge is -2.36. The van der Waals surface area contributed by atoms with Gasteiger partial charge in [0.05, 0.1) is 13.4 Å². The Morgan fingerprint density at radius 3 is 2.75 bits per heavy atom. The number of hydrogen-bond acceptors (Lipinski definition) is 6. The van der Waals surface area contributed by atoms with E-state index in [0.717, 1.165) is 32.7 Å². The summed E-state index contributed by atoms with van der Waals surface area (Å²) in [7, 11) is 1.49. The van der Waals surface area contributed by atoms with Crippen LogP contribution in [0.5, 0.6) is 5.75 Å². The molecule has 0 aromatic carbocycles. The molecule has 1 saturated heterocycles. The Morgan fingerprint density at radius 1 is 1.45 bits per heavy atom. The fourth-order valence-electron chi connectivity index (χ4n) is 2.44. The molecule has 7 heteroatoms. The van der Waals surface area contributed by atoms with Crippen LogP contribution >= 0.6 is 0 Å². The third-order valence-electron chi connectivity index (χ3n) is 3.64. The number of rotatable bonds is 5. The number of aromatic nitrogens is 2. The van der Waals surface area contributed by atoms with Crippen LogP contribution in [0.2, 0.25) is 0 Å². The molecular weight excluding hydrogens is 258 g/mol. The number of aromatic amines is 1. The summed E-state index contributed by atoms with van der Waals surface area (Å²) in [6, 6.07) is 0. The third-order valence-corrected chi connectivity index (χ3v) is 3.64. The summed E-state index contributed by atoms with van der Waals surface area (Å²) in [6.45, 7) is 7.46. The molecule has 1 aliphatic heterocycles. The Balaban J connectivity index is 2.01. The number of H-pyrrole nitrogens is 1. The highest BCUT2D eigenvalue weighted by molar-refractivity contribution is 5.50. The lowest BCUT2D eigenvalue weighted by molar-refractivity contribution is 0.226. The molecule has 2 rings (SSSR count). The number of hydrogen-bond donors (Lipinski definition) is 2. The SMILES string of the molecule is COc1c(N2CCN(CC(C)CN)CC2)nc[nH]c1=O. The van der Waals surface area contributed by atoms with Crippen LogP contribution in [0, 0.1) is 5.92 Å². The Labute approximate surface area is 118 Å². The summed E-state index contributed by atoms with van der Waals surface area (Å²) < 4.78 is 5.16. The lowest BCUT2D eigenvalue weighted by Crippen LogP contribution is -2.48. The number of piperazine rings is 1. The van der Waals surface area contributed by atoms with Gasteiger partial charge in [0, 0.05) is 32.7 Å². The van der Waals surface area contributed by atoms with Crippen molar-refractivity contribution in [1.29, 1.82) is 0 Å². The molecule has 1 aromatic rings. The summed E-state index contributed by atoms with van der Waals surface area (Å²) in [4.78, 5) is 23.0. The van der Waals surface area contributed by atoms with E-state index in [4.69, 9.17) is 10.5 Å². The minimum absolute atomic E-state index is 0.239. The molecule has 1 aliphatic rings. The summed E-state index contributed by atoms with van der Waals surface area (Å²) >= 11 is 0. The molecule has 0 saturated carbocycles. The van der Waals surface area contributed by atoms with Crippen LogP contribution in [0.4, 0.5) is 5.82 Å². The molecule has 0 bridgehead atoms. The first-order valence-corrected chi connectivity index (χ1v) is 6.94. The standard InChI is InChI=1S/C13H23N5O2/c1-10(7-14)8-17-3-5-18(6-4-17)12-11(20-2)13(19)16-9-15-12/h9-10H,3-8,14H2,1-2H3,(H,15,16,19). The van der Waals surface area contributed by atoms with Crippen LogP contribution in [-0.2, 0) is 0 Å². The quantitative estimate of drug-likeness (QED) is 0.756. The molecule has 112 valence electrons. The van der Waals surface area contributed by atoms with Gasteiger partial charge in [-0.3, -0.25) is 9.69 Å². The number of nitrogens with zero attached hydrogens (tertiary/aromatic N) is 3. The molecule has 0 amide bonds. The first-order chi connectivity index (χ1) is 9.65. The molecule has 1 atom stereocenters. The van der Waals surface area contributed by atoms with E-state index < -0.39 is 0 Å². The minimum Gasteiger partial charge on any atom is -0.489 e. The van der Waals surface area contributed by atoms with Gasteiger partial charge in [-0.25, -0.2) is 4.98 Å². The van der Waals surface area contributed by atoms with Gasteiger partial charge >= 0.3 is 0 Å². The van der Waals surface area contributed by atoms with Crippen molar-refractivity contribution >= 4 is 5.82 Å². The first-order valence-electron chi connectivity index (χ1n) is 6.94. The molecule has 2 heterocycles. The predicted molar refractivity (Wildman–Crippen MR) is 78.3 cm³/mol. The van der Waals surface area contributed by atoms with Crippen LogP contribution in [0.15, 0.2) is 11.1 Å². The van der Waals surface area contributed by atoms with E-state index in [9.17, 15) is 4.79 Å². The van der Waals surface area contributed by atoms with Gasteiger partial charge in [-0.15, -0.1) is 0 Å². The van der Waals surface area contributed by atoms with E-state index in [1.54, 1.807) is 0 Å². The van der Waals surface area contributed by atoms with Gasteiger partial charge in [-0.2, -0.15) is 0 Å². The topological polar surface area (TPSA) is 87.5 Å². The maximum atomic E-state index is 11.7. The second-order valence-corrected chi connectivity index (χ2v) is 5.22. The van der Waals surface area contributed by atoms with Crippen molar-refractivity contribution in [1.82, 2.24) is 14.9 Å². The monoisotopic (exact) mass is 281 g/mol. The maximum absolute atomic E-state index is 11.7. The van der Waals surface area contributed by atoms with Crippen molar-refractivity contribution in [2.24, 2.45) is 11.7 Å². The molecule has 1 fully saturated rings. The summed E-state index contributed by atoms with van der Waals surface area (Å²) in [5, 5.41) is 0. The lowest BCUT2D eigenvalue weighted by atomic mass is 10.1. The van der Waals surface area contributed by atoms with E-state index in [0.29, 0.717) is 18.3 Å². The van der Waals surface area contributed by atoms with Crippen LogP contribution in [-0.4, -0.2) is 61.2 Å². The van der Waals surface area contributed by atoms with Crippen LogP contribution < -0.4 is 20.9 Å². The summed E-state index contributed by atoms with van der Waals surface area (Å²) in [6.07, 6.45) is 1.42. The average molecular weight is 281 g/mol. The van der Waals surface area contributed by atoms with Gasteiger partial charge in [-0.05, 0) is 12.5 Å². The molecule has 20 heavy (non-hydrogen) atoms. The molecule has 3 N–H and O–H groups in total. The molecule has 0 aliphatic carbocycles. The zero-order valence-corrected chi connectivity index (χ0v) is 12.1. The van der Waals surface area contributed by atoms with Gasteiger partial charge in [0.2, 0.25) is 5.75 Å². The minimum atomic E-state index is -0.239. The Bertz CT molecular complexity index is 482. The van der Waals surface area contributed by atoms with E-state index in [1.807, 2.05) is 0 Å². The second kappa shape index (κ2) is 6.71. The van der Waals surface area contributed by atoms with E-state index >= 15 is 0 Å². The highest BCUT2D eigenvalue weighted by atomic mass is 16.5. The summed E-state index contributed by atoms with van der Waals surface area (Å²) in [5.74, 6) is 1.42. The van der Waals surface area contributed by atoms with Gasteiger partial charge in [0.25, 0.3) is 5.56 Å². The van der Waals surface area contributed by atoms with Crippen molar-refractivity contribution in [3.05, 3.63) is 16.7 Å². The molecule has 7 nitrogen and oxygen atoms in total. The molecule has 1 aromatic heterocycles. The number of anilines is 1. The Morgan fingerprint density at radius 2 is 2.15 bits per heavy atom. The van der Waals surface area contributed by atoms with Gasteiger partial charge in [0.1, 0.15) is 0 Å². The van der Waals surface area contributed by atoms with Crippen molar-refractivity contribution in [2.75, 3.05) is 51.3 Å². The maximum Gasteiger partial charge on any atom is 0.295 e. The first kappa shape index (κ1) is 14.8. The van der Waals surface area contributed by atoms with Gasteiger partial charge in [0.15, 0.2) is 5.82 Å². The number of nitrogens with two attached hydrogens (primary N) is 1. The summed E-state index contributed by atoms with van der Waals surface area (Å²) in [5.41, 5.74) is 5.42. The molecule has 0 radical (unpaired) electrons. The van der Waals surface area contributed by atoms with Crippen molar-refractivity contribution in [2.45, 2.75) is 6.92 Å². The highest BCUT2D eigenvalue weighted by Crippen LogP contribution is 2.21.